The zero-order valence-electron chi connectivity index (χ0n) is 25.1. The Morgan fingerprint density at radius 1 is 0.930 bits per heavy atom. The van der Waals surface area contributed by atoms with E-state index in [0.717, 1.165) is 0 Å². The van der Waals surface area contributed by atoms with Crippen molar-refractivity contribution in [3.63, 3.8) is 0 Å². The second-order valence-electron chi connectivity index (χ2n) is 11.5. The van der Waals surface area contributed by atoms with Gasteiger partial charge in [-0.25, -0.2) is 4.39 Å². The molecule has 1 fully saturated rings. The fourth-order valence-electron chi connectivity index (χ4n) is 6.28. The van der Waals surface area contributed by atoms with Gasteiger partial charge in [-0.2, -0.15) is 0 Å². The van der Waals surface area contributed by atoms with Crippen molar-refractivity contribution in [2.45, 2.75) is 31.7 Å². The average molecular weight is 590 g/mol. The summed E-state index contributed by atoms with van der Waals surface area (Å²) in [6.45, 7) is 2.81. The number of aromatic hydroxyl groups is 2. The fourth-order valence-corrected chi connectivity index (χ4v) is 6.28. The van der Waals surface area contributed by atoms with Crippen molar-refractivity contribution < 1.29 is 29.0 Å². The minimum absolute atomic E-state index is 0.0479. The molecule has 0 spiro atoms. The van der Waals surface area contributed by atoms with E-state index in [0.29, 0.717) is 54.7 Å². The van der Waals surface area contributed by atoms with Crippen LogP contribution in [-0.2, 0) is 4.79 Å². The summed E-state index contributed by atoms with van der Waals surface area (Å²) in [5.41, 5.74) is 1.58. The van der Waals surface area contributed by atoms with Crippen LogP contribution in [0.2, 0.25) is 0 Å². The van der Waals surface area contributed by atoms with Crippen LogP contribution < -0.4 is 5.32 Å². The maximum Gasteiger partial charge on any atom is 0.237 e. The Balaban J connectivity index is 1.76. The lowest BCUT2D eigenvalue weighted by Gasteiger charge is -2.43. The van der Waals surface area contributed by atoms with Crippen molar-refractivity contribution in [2.24, 2.45) is 11.8 Å². The van der Waals surface area contributed by atoms with E-state index in [9.17, 15) is 29.0 Å². The lowest BCUT2D eigenvalue weighted by Crippen LogP contribution is -2.51. The monoisotopic (exact) mass is 589 g/mol. The summed E-state index contributed by atoms with van der Waals surface area (Å²) < 4.78 is 14.9. The maximum atomic E-state index is 14.9. The highest BCUT2D eigenvalue weighted by molar-refractivity contribution is 6.02. The molecule has 3 aromatic carbocycles. The molecule has 0 aromatic heterocycles. The summed E-state index contributed by atoms with van der Waals surface area (Å²) in [6.07, 6.45) is 1.21. The first-order chi connectivity index (χ1) is 20.5. The lowest BCUT2D eigenvalue weighted by molar-refractivity contribution is -0.125. The van der Waals surface area contributed by atoms with Crippen molar-refractivity contribution in [1.29, 1.82) is 0 Å². The first-order valence-electron chi connectivity index (χ1n) is 14.5. The van der Waals surface area contributed by atoms with Gasteiger partial charge in [0.2, 0.25) is 5.91 Å². The molecule has 1 heterocycles. The van der Waals surface area contributed by atoms with E-state index in [4.69, 9.17) is 0 Å². The number of nitrogens with one attached hydrogen (secondary N) is 1. The van der Waals surface area contributed by atoms with Crippen molar-refractivity contribution in [2.75, 3.05) is 40.8 Å². The molecule has 1 amide bonds. The molecule has 3 N–H and O–H groups in total. The van der Waals surface area contributed by atoms with Gasteiger partial charge in [-0.15, -0.1) is 0 Å². The Morgan fingerprint density at radius 3 is 1.95 bits per heavy atom. The molecule has 1 unspecified atom stereocenters. The van der Waals surface area contributed by atoms with Crippen LogP contribution in [-0.4, -0.2) is 84.3 Å². The predicted octanol–water partition coefficient (Wildman–Crippen LogP) is 4.40. The highest BCUT2D eigenvalue weighted by Gasteiger charge is 2.45. The molecule has 4 rings (SSSR count). The van der Waals surface area contributed by atoms with Crippen LogP contribution in [0, 0.1) is 24.6 Å². The third-order valence-corrected chi connectivity index (χ3v) is 8.50. The quantitative estimate of drug-likeness (QED) is 0.285. The Kier molecular flexibility index (Phi) is 10.3. The maximum absolute atomic E-state index is 14.9. The fraction of sp³-hybridized carbons (Fsp3) is 0.382. The number of hydrogen-bond acceptors (Lipinski definition) is 7. The first-order valence-corrected chi connectivity index (χ1v) is 14.5. The van der Waals surface area contributed by atoms with E-state index < -0.39 is 23.6 Å². The van der Waals surface area contributed by atoms with Crippen LogP contribution in [0.5, 0.6) is 11.5 Å². The minimum atomic E-state index is -0.731. The molecule has 8 nitrogen and oxygen atoms in total. The average Bonchev–Trinajstić information content (AvgIpc) is 2.99. The molecule has 0 aliphatic carbocycles. The van der Waals surface area contributed by atoms with Gasteiger partial charge >= 0.3 is 0 Å². The van der Waals surface area contributed by atoms with Crippen LogP contribution in [0.15, 0.2) is 66.7 Å². The Hall–Kier alpha value is -4.08. The number of likely N-dealkylation sites (tertiary alicyclic amines) is 1. The third-order valence-electron chi connectivity index (χ3n) is 8.50. The van der Waals surface area contributed by atoms with Gasteiger partial charge in [0, 0.05) is 49.0 Å². The smallest absolute Gasteiger partial charge is 0.237 e. The standard InChI is InChI=1S/C34H40FN3O5/c1-21-26(13-7-14-29(21)35)31-27(32(41)22-9-5-11-24(39)17-22)19-38(16-8-15-30(37(3)4)34(43)36-2)20-28(31)33(42)23-10-6-12-25(40)18-23/h5-7,9-14,17-18,27-28,30-31,39-40H,8,15-16,19-20H2,1-4H3,(H,36,43)/t27-,28+,30-,31?/m1/s1. The van der Waals surface area contributed by atoms with E-state index in [2.05, 4.69) is 10.2 Å². The molecule has 1 saturated heterocycles. The Labute approximate surface area is 252 Å². The van der Waals surface area contributed by atoms with Crippen molar-refractivity contribution >= 4 is 17.5 Å². The van der Waals surface area contributed by atoms with Crippen LogP contribution in [0.4, 0.5) is 4.39 Å². The number of piperidine rings is 1. The normalized spacial score (nSPS) is 19.6. The molecular formula is C34H40FN3O5. The highest BCUT2D eigenvalue weighted by atomic mass is 19.1. The molecule has 1 aliphatic heterocycles. The van der Waals surface area contributed by atoms with Crippen LogP contribution >= 0.6 is 0 Å². The number of amides is 1. The van der Waals surface area contributed by atoms with Crippen LogP contribution in [0.3, 0.4) is 0 Å². The van der Waals surface area contributed by atoms with E-state index in [1.54, 1.807) is 50.4 Å². The molecule has 228 valence electrons. The van der Waals surface area contributed by atoms with Crippen molar-refractivity contribution in [1.82, 2.24) is 15.1 Å². The summed E-state index contributed by atoms with van der Waals surface area (Å²) >= 11 is 0. The molecule has 4 atom stereocenters. The number of rotatable bonds is 11. The number of ketones is 2. The second kappa shape index (κ2) is 13.9. The van der Waals surface area contributed by atoms with E-state index >= 15 is 0 Å². The van der Waals surface area contributed by atoms with Gasteiger partial charge in [0.1, 0.15) is 17.3 Å². The van der Waals surface area contributed by atoms with E-state index in [1.165, 1.54) is 30.3 Å². The van der Waals surface area contributed by atoms with Gasteiger partial charge in [-0.3, -0.25) is 19.3 Å². The van der Waals surface area contributed by atoms with E-state index in [1.807, 2.05) is 19.0 Å². The van der Waals surface area contributed by atoms with Gasteiger partial charge in [0.05, 0.1) is 6.04 Å². The first kappa shape index (κ1) is 31.8. The Bertz CT molecular complexity index is 1410. The van der Waals surface area contributed by atoms with Crippen molar-refractivity contribution in [3.8, 4) is 11.5 Å². The number of benzene rings is 3. The summed E-state index contributed by atoms with van der Waals surface area (Å²) in [4.78, 5) is 44.7. The molecule has 0 bridgehead atoms. The summed E-state index contributed by atoms with van der Waals surface area (Å²) in [7, 11) is 5.30. The molecule has 0 radical (unpaired) electrons. The molecule has 3 aromatic rings. The van der Waals surface area contributed by atoms with Gasteiger partial charge in [-0.05, 0) is 81.9 Å². The number of carbonyl (C=O) groups is 3. The molecule has 9 heteroatoms. The highest BCUT2D eigenvalue weighted by Crippen LogP contribution is 2.43. The molecular weight excluding hydrogens is 549 g/mol. The lowest BCUT2D eigenvalue weighted by atomic mass is 9.67. The summed E-state index contributed by atoms with van der Waals surface area (Å²) in [5.74, 6) is -3.22. The largest absolute Gasteiger partial charge is 0.508 e. The third kappa shape index (κ3) is 7.29. The molecule has 1 aliphatic rings. The number of hydrogen-bond donors (Lipinski definition) is 3. The number of likely N-dealkylation sites (N-methyl/N-ethyl adjacent to an activating group) is 2. The minimum Gasteiger partial charge on any atom is -0.508 e. The summed E-state index contributed by atoms with van der Waals surface area (Å²) in [5, 5.41) is 23.0. The number of Topliss-reactive ketones (excluding diaryl/α,β-unsaturated/α-hetero) is 2. The van der Waals surface area contributed by atoms with Crippen molar-refractivity contribution in [3.05, 3.63) is 94.8 Å². The van der Waals surface area contributed by atoms with Gasteiger partial charge in [0.25, 0.3) is 0 Å². The number of carbonyl (C=O) groups excluding carboxylic acids is 3. The zero-order valence-corrected chi connectivity index (χ0v) is 25.1. The molecule has 0 saturated carbocycles. The SMILES string of the molecule is CNC(=O)[C@@H](CCCN1C[C@H](C(=O)c2cccc(O)c2)C(c2cccc(F)c2C)[C@H](C(=O)c2cccc(O)c2)C1)N(C)C. The van der Waals surface area contributed by atoms with E-state index in [-0.39, 0.29) is 35.0 Å². The predicted molar refractivity (Wildman–Crippen MR) is 163 cm³/mol. The van der Waals surface area contributed by atoms with Crippen LogP contribution in [0.1, 0.15) is 50.6 Å². The number of halogens is 1. The zero-order chi connectivity index (χ0) is 31.3. The summed E-state index contributed by atoms with van der Waals surface area (Å²) in [6, 6.07) is 16.7. The number of phenols is 2. The second-order valence-corrected chi connectivity index (χ2v) is 11.5. The number of phenolic OH excluding ortho intramolecular Hbond substituents is 2. The molecule has 43 heavy (non-hydrogen) atoms. The topological polar surface area (TPSA) is 110 Å². The Morgan fingerprint density at radius 2 is 1.47 bits per heavy atom. The van der Waals surface area contributed by atoms with Gasteiger partial charge in [0.15, 0.2) is 11.6 Å². The van der Waals surface area contributed by atoms with Crippen LogP contribution in [0.25, 0.3) is 0 Å². The van der Waals surface area contributed by atoms with Gasteiger partial charge in [-0.1, -0.05) is 36.4 Å². The van der Waals surface area contributed by atoms with Gasteiger partial charge < -0.3 is 20.4 Å². The number of nitrogens with zero attached hydrogens (tertiary/aromatic N) is 2.